The average Bonchev–Trinajstić information content (AvgIpc) is 2.95. The van der Waals surface area contributed by atoms with E-state index in [1.54, 1.807) is 31.4 Å². The van der Waals surface area contributed by atoms with Crippen LogP contribution >= 0.6 is 11.3 Å². The summed E-state index contributed by atoms with van der Waals surface area (Å²) in [6.07, 6.45) is 0.407. The first-order valence-corrected chi connectivity index (χ1v) is 7.09. The molecule has 2 amide bonds. The Morgan fingerprint density at radius 2 is 2.05 bits per heavy atom. The summed E-state index contributed by atoms with van der Waals surface area (Å²) in [6.45, 7) is 3.18. The first kappa shape index (κ1) is 16.2. The third-order valence-electron chi connectivity index (χ3n) is 3.13. The van der Waals surface area contributed by atoms with Crippen LogP contribution in [0.25, 0.3) is 0 Å². The van der Waals surface area contributed by atoms with Crippen LogP contribution in [-0.2, 0) is 9.59 Å². The number of carboxylic acid groups (broad SMARTS) is 1. The van der Waals surface area contributed by atoms with Gasteiger partial charge < -0.3 is 15.7 Å². The molecule has 0 aliphatic heterocycles. The molecule has 0 saturated carbocycles. The SMILES string of the molecule is CCC(C)(CNC(=O)CNC(=O)c1cccs1)C(=O)O. The maximum Gasteiger partial charge on any atom is 0.311 e. The van der Waals surface area contributed by atoms with Crippen molar-refractivity contribution in [1.82, 2.24) is 10.6 Å². The zero-order valence-electron chi connectivity index (χ0n) is 11.4. The topological polar surface area (TPSA) is 95.5 Å². The molecule has 1 rings (SSSR count). The van der Waals surface area contributed by atoms with Gasteiger partial charge in [-0.15, -0.1) is 11.3 Å². The summed E-state index contributed by atoms with van der Waals surface area (Å²) >= 11 is 1.29. The maximum absolute atomic E-state index is 11.6. The highest BCUT2D eigenvalue weighted by Gasteiger charge is 2.31. The summed E-state index contributed by atoms with van der Waals surface area (Å²) in [5.74, 6) is -1.68. The number of amides is 2. The fraction of sp³-hybridized carbons (Fsp3) is 0.462. The second-order valence-corrected chi connectivity index (χ2v) is 5.60. The van der Waals surface area contributed by atoms with Gasteiger partial charge >= 0.3 is 5.97 Å². The summed E-state index contributed by atoms with van der Waals surface area (Å²) in [4.78, 5) is 34.8. The lowest BCUT2D eigenvalue weighted by Crippen LogP contribution is -2.44. The zero-order valence-corrected chi connectivity index (χ0v) is 12.3. The predicted octanol–water partition coefficient (Wildman–Crippen LogP) is 1.09. The molecule has 1 atom stereocenters. The van der Waals surface area contributed by atoms with Crippen molar-refractivity contribution in [3.8, 4) is 0 Å². The molecule has 6 nitrogen and oxygen atoms in total. The Balaban J connectivity index is 2.37. The molecule has 0 saturated heterocycles. The zero-order chi connectivity index (χ0) is 15.2. The van der Waals surface area contributed by atoms with Gasteiger partial charge in [0.25, 0.3) is 5.91 Å². The quantitative estimate of drug-likeness (QED) is 0.702. The summed E-state index contributed by atoms with van der Waals surface area (Å²) in [7, 11) is 0. The van der Waals surface area contributed by atoms with Gasteiger partial charge in [0, 0.05) is 6.54 Å². The molecule has 0 spiro atoms. The number of aliphatic carboxylic acids is 1. The molecule has 3 N–H and O–H groups in total. The number of carbonyl (C=O) groups is 3. The third-order valence-corrected chi connectivity index (χ3v) is 4.00. The van der Waals surface area contributed by atoms with Gasteiger partial charge in [-0.05, 0) is 24.8 Å². The second-order valence-electron chi connectivity index (χ2n) is 4.66. The second kappa shape index (κ2) is 7.04. The van der Waals surface area contributed by atoms with Gasteiger partial charge in [-0.25, -0.2) is 0 Å². The van der Waals surface area contributed by atoms with Crippen LogP contribution in [0, 0.1) is 5.41 Å². The number of thiophene rings is 1. The molecule has 7 heteroatoms. The lowest BCUT2D eigenvalue weighted by Gasteiger charge is -2.23. The highest BCUT2D eigenvalue weighted by molar-refractivity contribution is 7.12. The molecule has 0 radical (unpaired) electrons. The standard InChI is InChI=1S/C13H18N2O4S/c1-3-13(2,12(18)19)8-15-10(16)7-14-11(17)9-5-4-6-20-9/h4-6H,3,7-8H2,1-2H3,(H,14,17)(H,15,16)(H,18,19). The largest absolute Gasteiger partial charge is 0.481 e. The molecule has 1 heterocycles. The van der Waals surface area contributed by atoms with Crippen molar-refractivity contribution in [2.75, 3.05) is 13.1 Å². The normalized spacial score (nSPS) is 13.3. The number of rotatable bonds is 7. The van der Waals surface area contributed by atoms with Crippen LogP contribution in [0.5, 0.6) is 0 Å². The van der Waals surface area contributed by atoms with Crippen molar-refractivity contribution in [3.63, 3.8) is 0 Å². The van der Waals surface area contributed by atoms with E-state index in [4.69, 9.17) is 5.11 Å². The van der Waals surface area contributed by atoms with Crippen molar-refractivity contribution >= 4 is 29.1 Å². The summed E-state index contributed by atoms with van der Waals surface area (Å²) < 4.78 is 0. The van der Waals surface area contributed by atoms with Crippen molar-refractivity contribution < 1.29 is 19.5 Å². The van der Waals surface area contributed by atoms with Gasteiger partial charge in [0.1, 0.15) is 0 Å². The molecule has 0 fully saturated rings. The molecular weight excluding hydrogens is 280 g/mol. The minimum atomic E-state index is -0.993. The smallest absolute Gasteiger partial charge is 0.311 e. The lowest BCUT2D eigenvalue weighted by atomic mass is 9.88. The van der Waals surface area contributed by atoms with E-state index in [2.05, 4.69) is 10.6 Å². The lowest BCUT2D eigenvalue weighted by molar-refractivity contribution is -0.148. The maximum atomic E-state index is 11.6. The van der Waals surface area contributed by atoms with E-state index >= 15 is 0 Å². The molecule has 20 heavy (non-hydrogen) atoms. The van der Waals surface area contributed by atoms with Crippen LogP contribution in [0.3, 0.4) is 0 Å². The summed E-state index contributed by atoms with van der Waals surface area (Å²) in [6, 6.07) is 3.41. The Hall–Kier alpha value is -1.89. The molecule has 0 aliphatic carbocycles. The Morgan fingerprint density at radius 1 is 1.35 bits per heavy atom. The van der Waals surface area contributed by atoms with E-state index in [9.17, 15) is 14.4 Å². The van der Waals surface area contributed by atoms with Crippen molar-refractivity contribution in [3.05, 3.63) is 22.4 Å². The number of hydrogen-bond acceptors (Lipinski definition) is 4. The number of hydrogen-bond donors (Lipinski definition) is 3. The van der Waals surface area contributed by atoms with Gasteiger partial charge in [0.15, 0.2) is 0 Å². The molecule has 1 aromatic rings. The van der Waals surface area contributed by atoms with E-state index in [-0.39, 0.29) is 19.0 Å². The van der Waals surface area contributed by atoms with E-state index in [0.717, 1.165) is 0 Å². The first-order valence-electron chi connectivity index (χ1n) is 6.21. The van der Waals surface area contributed by atoms with Crippen molar-refractivity contribution in [2.24, 2.45) is 5.41 Å². The highest BCUT2D eigenvalue weighted by Crippen LogP contribution is 2.19. The van der Waals surface area contributed by atoms with Crippen LogP contribution < -0.4 is 10.6 Å². The first-order chi connectivity index (χ1) is 9.39. The molecule has 1 aromatic heterocycles. The summed E-state index contributed by atoms with van der Waals surface area (Å²) in [5, 5.41) is 15.8. The van der Waals surface area contributed by atoms with Crippen LogP contribution in [0.1, 0.15) is 29.9 Å². The third kappa shape index (κ3) is 4.34. The van der Waals surface area contributed by atoms with E-state index in [1.165, 1.54) is 11.3 Å². The van der Waals surface area contributed by atoms with E-state index < -0.39 is 17.3 Å². The minimum Gasteiger partial charge on any atom is -0.481 e. The van der Waals surface area contributed by atoms with Crippen LogP contribution in [0.2, 0.25) is 0 Å². The number of carbonyl (C=O) groups excluding carboxylic acids is 2. The van der Waals surface area contributed by atoms with Gasteiger partial charge in [-0.1, -0.05) is 13.0 Å². The van der Waals surface area contributed by atoms with Gasteiger partial charge in [-0.2, -0.15) is 0 Å². The Bertz CT molecular complexity index is 487. The molecule has 0 bridgehead atoms. The van der Waals surface area contributed by atoms with Crippen LogP contribution in [-0.4, -0.2) is 36.0 Å². The van der Waals surface area contributed by atoms with Gasteiger partial charge in [0.2, 0.25) is 5.91 Å². The van der Waals surface area contributed by atoms with E-state index in [1.807, 2.05) is 0 Å². The molecule has 1 unspecified atom stereocenters. The Kier molecular flexibility index (Phi) is 5.69. The average molecular weight is 298 g/mol. The van der Waals surface area contributed by atoms with Crippen molar-refractivity contribution in [2.45, 2.75) is 20.3 Å². The van der Waals surface area contributed by atoms with Gasteiger partial charge in [-0.3, -0.25) is 14.4 Å². The molecule has 110 valence electrons. The predicted molar refractivity (Wildman–Crippen MR) is 75.7 cm³/mol. The molecule has 0 aliphatic rings. The molecule has 0 aromatic carbocycles. The van der Waals surface area contributed by atoms with Crippen LogP contribution in [0.15, 0.2) is 17.5 Å². The number of nitrogens with one attached hydrogen (secondary N) is 2. The van der Waals surface area contributed by atoms with Crippen LogP contribution in [0.4, 0.5) is 0 Å². The van der Waals surface area contributed by atoms with Gasteiger partial charge in [0.05, 0.1) is 16.8 Å². The number of carboxylic acids is 1. The fourth-order valence-corrected chi connectivity index (χ4v) is 2.00. The fourth-order valence-electron chi connectivity index (χ4n) is 1.36. The Labute approximate surface area is 121 Å². The van der Waals surface area contributed by atoms with E-state index in [0.29, 0.717) is 11.3 Å². The minimum absolute atomic E-state index is 0.0343. The summed E-state index contributed by atoms with van der Waals surface area (Å²) in [5.41, 5.74) is -0.993. The highest BCUT2D eigenvalue weighted by atomic mass is 32.1. The monoisotopic (exact) mass is 298 g/mol. The Morgan fingerprint density at radius 3 is 2.55 bits per heavy atom. The van der Waals surface area contributed by atoms with Crippen molar-refractivity contribution in [1.29, 1.82) is 0 Å². The molecular formula is C13H18N2O4S.